The van der Waals surface area contributed by atoms with Gasteiger partial charge >= 0.3 is 6.18 Å². The van der Waals surface area contributed by atoms with Gasteiger partial charge in [0.2, 0.25) is 5.43 Å². The van der Waals surface area contributed by atoms with E-state index in [1.165, 1.54) is 32.4 Å². The molecule has 0 spiro atoms. The van der Waals surface area contributed by atoms with Crippen molar-refractivity contribution >= 4 is 22.6 Å². The smallest absolute Gasteiger partial charge is 0.435 e. The molecule has 3 rings (SSSR count). The topological polar surface area (TPSA) is 80.1 Å². The van der Waals surface area contributed by atoms with Gasteiger partial charge in [0.25, 0.3) is 0 Å². The van der Waals surface area contributed by atoms with Gasteiger partial charge < -0.3 is 14.8 Å². The van der Waals surface area contributed by atoms with E-state index in [2.05, 4.69) is 10.1 Å². The van der Waals surface area contributed by atoms with Crippen molar-refractivity contribution in [2.75, 3.05) is 7.11 Å². The van der Waals surface area contributed by atoms with Crippen LogP contribution in [0.15, 0.2) is 23.0 Å². The van der Waals surface area contributed by atoms with E-state index in [9.17, 15) is 23.1 Å². The monoisotopic (exact) mass is 373 g/mol. The van der Waals surface area contributed by atoms with E-state index in [1.807, 2.05) is 0 Å². The van der Waals surface area contributed by atoms with Gasteiger partial charge in [-0.2, -0.15) is 18.3 Å². The van der Waals surface area contributed by atoms with E-state index in [0.29, 0.717) is 5.75 Å². The zero-order valence-corrected chi connectivity index (χ0v) is 13.7. The largest absolute Gasteiger partial charge is 0.503 e. The standard InChI is InChI=1S/C15H11ClF3N3O3/c1-22-14-9(13(21-22)15(17,18)19)11(23)12(24)10(20-14)7-4-3-6(25-2)5-8(7)16/h3-5,24H,1-2H3,(H,20,23). The first-order chi connectivity index (χ1) is 11.6. The number of nitrogens with zero attached hydrogens (tertiary/aromatic N) is 2. The number of methoxy groups -OCH3 is 1. The molecule has 2 heterocycles. The second-order valence-corrected chi connectivity index (χ2v) is 5.62. The highest BCUT2D eigenvalue weighted by atomic mass is 35.5. The van der Waals surface area contributed by atoms with Crippen LogP contribution < -0.4 is 10.2 Å². The molecule has 6 nitrogen and oxygen atoms in total. The normalized spacial score (nSPS) is 11.9. The zero-order chi connectivity index (χ0) is 18.5. The van der Waals surface area contributed by atoms with E-state index in [1.54, 1.807) is 0 Å². The first kappa shape index (κ1) is 17.2. The number of benzene rings is 1. The number of halogens is 4. The third-order valence-corrected chi connectivity index (χ3v) is 4.00. The van der Waals surface area contributed by atoms with Gasteiger partial charge in [0, 0.05) is 12.6 Å². The number of aromatic nitrogens is 3. The van der Waals surface area contributed by atoms with Crippen LogP contribution >= 0.6 is 11.6 Å². The Morgan fingerprint density at radius 1 is 1.36 bits per heavy atom. The van der Waals surface area contributed by atoms with Gasteiger partial charge in [-0.15, -0.1) is 0 Å². The highest BCUT2D eigenvalue weighted by Crippen LogP contribution is 2.37. The van der Waals surface area contributed by atoms with E-state index in [-0.39, 0.29) is 21.9 Å². The van der Waals surface area contributed by atoms with Crippen molar-refractivity contribution < 1.29 is 23.0 Å². The lowest BCUT2D eigenvalue weighted by Crippen LogP contribution is -2.12. The molecule has 0 fully saturated rings. The zero-order valence-electron chi connectivity index (χ0n) is 12.9. The minimum Gasteiger partial charge on any atom is -0.503 e. The fraction of sp³-hybridized carbons (Fsp3) is 0.200. The Balaban J connectivity index is 2.35. The lowest BCUT2D eigenvalue weighted by molar-refractivity contribution is -0.140. The van der Waals surface area contributed by atoms with Crippen molar-refractivity contribution in [2.45, 2.75) is 6.18 Å². The van der Waals surface area contributed by atoms with Gasteiger partial charge in [-0.3, -0.25) is 9.48 Å². The molecule has 0 bridgehead atoms. The van der Waals surface area contributed by atoms with Crippen LogP contribution in [-0.2, 0) is 13.2 Å². The fourth-order valence-electron chi connectivity index (χ4n) is 2.51. The number of aromatic hydroxyl groups is 1. The second-order valence-electron chi connectivity index (χ2n) is 5.22. The Morgan fingerprint density at radius 2 is 2.04 bits per heavy atom. The maximum absolute atomic E-state index is 13.1. The van der Waals surface area contributed by atoms with Crippen LogP contribution in [0, 0.1) is 0 Å². The molecular formula is C15H11ClF3N3O3. The Kier molecular flexibility index (Phi) is 3.91. The molecular weight excluding hydrogens is 363 g/mol. The number of hydrogen-bond donors (Lipinski definition) is 2. The number of pyridine rings is 1. The molecule has 0 saturated carbocycles. The number of rotatable bonds is 2. The predicted octanol–water partition coefficient (Wildman–Crippen LogP) is 3.32. The highest BCUT2D eigenvalue weighted by molar-refractivity contribution is 6.33. The Morgan fingerprint density at radius 3 is 2.60 bits per heavy atom. The summed E-state index contributed by atoms with van der Waals surface area (Å²) < 4.78 is 45.1. The van der Waals surface area contributed by atoms with Crippen molar-refractivity contribution in [3.63, 3.8) is 0 Å². The van der Waals surface area contributed by atoms with E-state index >= 15 is 0 Å². The van der Waals surface area contributed by atoms with E-state index in [0.717, 1.165) is 4.68 Å². The molecule has 2 N–H and O–H groups in total. The van der Waals surface area contributed by atoms with Crippen molar-refractivity contribution in [3.05, 3.63) is 39.1 Å². The van der Waals surface area contributed by atoms with Gasteiger partial charge in [-0.1, -0.05) is 11.6 Å². The molecule has 132 valence electrons. The number of nitrogens with one attached hydrogen (secondary N) is 1. The maximum atomic E-state index is 13.1. The first-order valence-electron chi connectivity index (χ1n) is 6.88. The van der Waals surface area contributed by atoms with Crippen LogP contribution in [0.25, 0.3) is 22.3 Å². The average Bonchev–Trinajstić information content (AvgIpc) is 2.88. The molecule has 0 amide bonds. The maximum Gasteiger partial charge on any atom is 0.435 e. The van der Waals surface area contributed by atoms with E-state index in [4.69, 9.17) is 16.3 Å². The van der Waals surface area contributed by atoms with Crippen molar-refractivity contribution in [2.24, 2.45) is 7.05 Å². The molecule has 1 aromatic carbocycles. The summed E-state index contributed by atoms with van der Waals surface area (Å²) >= 11 is 6.12. The van der Waals surface area contributed by atoms with Crippen LogP contribution in [0.5, 0.6) is 11.5 Å². The van der Waals surface area contributed by atoms with Gasteiger partial charge in [0.05, 0.1) is 17.8 Å². The molecule has 25 heavy (non-hydrogen) atoms. The molecule has 0 aliphatic rings. The third-order valence-electron chi connectivity index (χ3n) is 3.68. The number of ether oxygens (including phenoxy) is 1. The third kappa shape index (κ3) is 2.70. The van der Waals surface area contributed by atoms with Gasteiger partial charge in [0.15, 0.2) is 11.4 Å². The average molecular weight is 374 g/mol. The molecule has 0 radical (unpaired) electrons. The minimum atomic E-state index is -4.84. The summed E-state index contributed by atoms with van der Waals surface area (Å²) in [5, 5.41) is 12.9. The number of alkyl halides is 3. The van der Waals surface area contributed by atoms with Crippen molar-refractivity contribution in [1.82, 2.24) is 14.8 Å². The van der Waals surface area contributed by atoms with E-state index < -0.39 is 28.4 Å². The summed E-state index contributed by atoms with van der Waals surface area (Å²) in [5.74, 6) is -0.436. The molecule has 0 saturated heterocycles. The van der Waals surface area contributed by atoms with Crippen molar-refractivity contribution in [1.29, 1.82) is 0 Å². The molecule has 0 unspecified atom stereocenters. The van der Waals surface area contributed by atoms with Gasteiger partial charge in [0.1, 0.15) is 16.8 Å². The Bertz CT molecular complexity index is 1040. The van der Waals surface area contributed by atoms with Gasteiger partial charge in [-0.25, -0.2) is 0 Å². The predicted molar refractivity (Wildman–Crippen MR) is 85.0 cm³/mol. The molecule has 10 heteroatoms. The second kappa shape index (κ2) is 5.69. The fourth-order valence-corrected chi connectivity index (χ4v) is 2.78. The minimum absolute atomic E-state index is 0.109. The molecule has 2 aromatic heterocycles. The molecule has 0 aliphatic heterocycles. The van der Waals surface area contributed by atoms with Crippen LogP contribution in [0.4, 0.5) is 13.2 Å². The Labute approximate surface area is 143 Å². The summed E-state index contributed by atoms with van der Waals surface area (Å²) in [6.07, 6.45) is -4.84. The van der Waals surface area contributed by atoms with Crippen molar-refractivity contribution in [3.8, 4) is 22.8 Å². The van der Waals surface area contributed by atoms with Gasteiger partial charge in [-0.05, 0) is 18.2 Å². The van der Waals surface area contributed by atoms with Crippen LogP contribution in [-0.4, -0.2) is 27.0 Å². The van der Waals surface area contributed by atoms with Crippen LogP contribution in [0.2, 0.25) is 5.02 Å². The summed E-state index contributed by atoms with van der Waals surface area (Å²) in [7, 11) is 2.69. The SMILES string of the molecule is COc1ccc(-c2[nH]c3c(c(C(F)(F)F)nn3C)c(=O)c2O)c(Cl)c1. The molecule has 0 atom stereocenters. The number of fused-ring (bicyclic) bond motifs is 1. The summed E-state index contributed by atoms with van der Waals surface area (Å²) in [6, 6.07) is 4.45. The first-order valence-corrected chi connectivity index (χ1v) is 7.26. The number of aryl methyl sites for hydroxylation is 1. The number of aromatic amines is 1. The number of H-pyrrole nitrogens is 1. The Hall–Kier alpha value is -2.68. The summed E-state index contributed by atoms with van der Waals surface area (Å²) in [5.41, 5.74) is -2.61. The quantitative estimate of drug-likeness (QED) is 0.722. The number of hydrogen-bond acceptors (Lipinski definition) is 4. The van der Waals surface area contributed by atoms with Crippen LogP contribution in [0.3, 0.4) is 0 Å². The van der Waals surface area contributed by atoms with Crippen LogP contribution in [0.1, 0.15) is 5.69 Å². The lowest BCUT2D eigenvalue weighted by Gasteiger charge is -2.10. The lowest BCUT2D eigenvalue weighted by atomic mass is 10.1. The summed E-state index contributed by atoms with van der Waals surface area (Å²) in [4.78, 5) is 15.0. The molecule has 3 aromatic rings. The highest BCUT2D eigenvalue weighted by Gasteiger charge is 2.38. The summed E-state index contributed by atoms with van der Waals surface area (Å²) in [6.45, 7) is 0. The molecule has 0 aliphatic carbocycles.